The standard InChI is InChI=1S/C73H122O6/c1-4-7-10-13-16-19-22-24-26-28-30-32-34-35-36-37-39-40-42-44-46-48-51-54-57-60-63-66-72(75)78-69-70(68-77-71(74)65-62-59-56-53-50-21-18-15-12-9-6-3)79-73(76)67-64-61-58-55-52-49-47-45-43-41-38-33-31-29-27-25-23-20-17-14-11-8-5-2/h8,11,15,17-18,20,22,24-25,27-28,30-31,33-35,41,43,47,49,70H,4-7,9-10,12-14,16,19,21,23,26,29,32,36-40,42,44-46,48,50-69H2,1-3H3/b11-8-,18-15-,20-17-,24-22-,27-25-,30-28-,33-31-,35-34-,43-41-,49-47-. The number of rotatable bonds is 59. The van der Waals surface area contributed by atoms with Crippen LogP contribution in [-0.2, 0) is 28.6 Å². The fourth-order valence-corrected chi connectivity index (χ4v) is 8.96. The normalized spacial score (nSPS) is 12.9. The average Bonchev–Trinajstić information content (AvgIpc) is 3.45. The Kier molecular flexibility index (Phi) is 62.8. The number of carbonyl (C=O) groups excluding carboxylic acids is 3. The van der Waals surface area contributed by atoms with Crippen molar-refractivity contribution in [3.05, 3.63) is 122 Å². The van der Waals surface area contributed by atoms with Crippen molar-refractivity contribution in [2.45, 2.75) is 309 Å². The van der Waals surface area contributed by atoms with Crippen molar-refractivity contribution in [1.82, 2.24) is 0 Å². The fraction of sp³-hybridized carbons (Fsp3) is 0.685. The summed E-state index contributed by atoms with van der Waals surface area (Å²) in [7, 11) is 0. The van der Waals surface area contributed by atoms with Crippen LogP contribution in [0, 0.1) is 0 Å². The Hall–Kier alpha value is -4.19. The predicted molar refractivity (Wildman–Crippen MR) is 343 cm³/mol. The Bertz CT molecular complexity index is 1640. The molecule has 0 aromatic carbocycles. The molecule has 1 unspecified atom stereocenters. The van der Waals surface area contributed by atoms with E-state index in [0.717, 1.165) is 135 Å². The molecule has 0 amide bonds. The molecule has 0 saturated heterocycles. The van der Waals surface area contributed by atoms with E-state index >= 15 is 0 Å². The summed E-state index contributed by atoms with van der Waals surface area (Å²) in [6.45, 7) is 6.46. The lowest BCUT2D eigenvalue weighted by molar-refractivity contribution is -0.167. The SMILES string of the molecule is CC/C=C\C/C=C\C/C=C\C/C=C\C/C=C\C/C=C\CCCCCCC(=O)OC(COC(=O)CCCCCCC/C=C\CCCC)COC(=O)CCCCCCCCCCCCCC/C=C\C/C=C\C/C=C\CCCCCCC. The number of esters is 3. The van der Waals surface area contributed by atoms with Crippen molar-refractivity contribution in [2.75, 3.05) is 13.2 Å². The molecule has 79 heavy (non-hydrogen) atoms. The molecule has 0 rings (SSSR count). The summed E-state index contributed by atoms with van der Waals surface area (Å²) in [5.74, 6) is -0.926. The van der Waals surface area contributed by atoms with Crippen molar-refractivity contribution in [3.63, 3.8) is 0 Å². The Balaban J connectivity index is 4.32. The highest BCUT2D eigenvalue weighted by Crippen LogP contribution is 2.16. The Morgan fingerprint density at radius 1 is 0.266 bits per heavy atom. The second kappa shape index (κ2) is 66.3. The molecular weight excluding hydrogens is 973 g/mol. The van der Waals surface area contributed by atoms with Gasteiger partial charge in [0.1, 0.15) is 13.2 Å². The lowest BCUT2D eigenvalue weighted by atomic mass is 10.0. The highest BCUT2D eigenvalue weighted by molar-refractivity contribution is 5.71. The largest absolute Gasteiger partial charge is 0.462 e. The minimum absolute atomic E-state index is 0.0939. The third-order valence-corrected chi connectivity index (χ3v) is 13.9. The van der Waals surface area contributed by atoms with Crippen LogP contribution < -0.4 is 0 Å². The summed E-state index contributed by atoms with van der Waals surface area (Å²) in [6, 6.07) is 0. The second-order valence-electron chi connectivity index (χ2n) is 21.6. The van der Waals surface area contributed by atoms with Gasteiger partial charge in [0.15, 0.2) is 6.10 Å². The van der Waals surface area contributed by atoms with Gasteiger partial charge in [-0.05, 0) is 128 Å². The molecule has 0 N–H and O–H groups in total. The van der Waals surface area contributed by atoms with Gasteiger partial charge in [0.05, 0.1) is 0 Å². The highest BCUT2D eigenvalue weighted by atomic mass is 16.6. The van der Waals surface area contributed by atoms with E-state index < -0.39 is 6.10 Å². The summed E-state index contributed by atoms with van der Waals surface area (Å²) in [4.78, 5) is 38.3. The van der Waals surface area contributed by atoms with Gasteiger partial charge >= 0.3 is 17.9 Å². The summed E-state index contributed by atoms with van der Waals surface area (Å²) in [5.41, 5.74) is 0. The lowest BCUT2D eigenvalue weighted by Gasteiger charge is -2.18. The first-order valence-corrected chi connectivity index (χ1v) is 33.0. The van der Waals surface area contributed by atoms with Crippen molar-refractivity contribution in [3.8, 4) is 0 Å². The van der Waals surface area contributed by atoms with E-state index in [1.165, 1.54) is 128 Å². The number of carbonyl (C=O) groups is 3. The number of hydrogen-bond donors (Lipinski definition) is 0. The van der Waals surface area contributed by atoms with Crippen molar-refractivity contribution in [1.29, 1.82) is 0 Å². The van der Waals surface area contributed by atoms with Gasteiger partial charge in [0.2, 0.25) is 0 Å². The fourth-order valence-electron chi connectivity index (χ4n) is 8.96. The molecular formula is C73H122O6. The first-order valence-electron chi connectivity index (χ1n) is 33.0. The molecule has 0 spiro atoms. The Morgan fingerprint density at radius 2 is 0.506 bits per heavy atom. The van der Waals surface area contributed by atoms with Gasteiger partial charge in [0, 0.05) is 19.3 Å². The van der Waals surface area contributed by atoms with Crippen LogP contribution >= 0.6 is 0 Å². The van der Waals surface area contributed by atoms with Gasteiger partial charge in [-0.25, -0.2) is 0 Å². The quantitative estimate of drug-likeness (QED) is 0.0261. The van der Waals surface area contributed by atoms with Gasteiger partial charge in [-0.3, -0.25) is 14.4 Å². The summed E-state index contributed by atoms with van der Waals surface area (Å²) in [6.07, 6.45) is 92.1. The molecule has 0 bridgehead atoms. The summed E-state index contributed by atoms with van der Waals surface area (Å²) >= 11 is 0. The molecule has 0 heterocycles. The minimum Gasteiger partial charge on any atom is -0.462 e. The van der Waals surface area contributed by atoms with Gasteiger partial charge in [-0.15, -0.1) is 0 Å². The molecule has 6 heteroatoms. The molecule has 0 aliphatic rings. The summed E-state index contributed by atoms with van der Waals surface area (Å²) < 4.78 is 16.9. The smallest absolute Gasteiger partial charge is 0.306 e. The second-order valence-corrected chi connectivity index (χ2v) is 21.6. The van der Waals surface area contributed by atoms with E-state index in [2.05, 4.69) is 142 Å². The van der Waals surface area contributed by atoms with Crippen LogP contribution in [-0.4, -0.2) is 37.2 Å². The summed E-state index contributed by atoms with van der Waals surface area (Å²) in [5, 5.41) is 0. The molecule has 6 nitrogen and oxygen atoms in total. The van der Waals surface area contributed by atoms with Crippen molar-refractivity contribution in [2.24, 2.45) is 0 Å². The molecule has 0 aliphatic carbocycles. The number of unbranched alkanes of at least 4 members (excludes halogenated alkanes) is 28. The van der Waals surface area contributed by atoms with Gasteiger partial charge in [-0.1, -0.05) is 277 Å². The van der Waals surface area contributed by atoms with Crippen LogP contribution in [0.4, 0.5) is 0 Å². The van der Waals surface area contributed by atoms with Crippen LogP contribution in [0.3, 0.4) is 0 Å². The molecule has 0 fully saturated rings. The monoisotopic (exact) mass is 1090 g/mol. The van der Waals surface area contributed by atoms with Crippen LogP contribution in [0.2, 0.25) is 0 Å². The maximum atomic E-state index is 12.9. The Morgan fingerprint density at radius 3 is 0.823 bits per heavy atom. The maximum Gasteiger partial charge on any atom is 0.306 e. The average molecular weight is 1100 g/mol. The van der Waals surface area contributed by atoms with Crippen LogP contribution in [0.25, 0.3) is 0 Å². The molecule has 0 radical (unpaired) electrons. The number of ether oxygens (including phenoxy) is 3. The third-order valence-electron chi connectivity index (χ3n) is 13.9. The highest BCUT2D eigenvalue weighted by Gasteiger charge is 2.19. The zero-order valence-electron chi connectivity index (χ0n) is 51.6. The van der Waals surface area contributed by atoms with E-state index in [4.69, 9.17) is 14.2 Å². The first-order chi connectivity index (χ1) is 39.0. The molecule has 1 atom stereocenters. The molecule has 0 aromatic rings. The van der Waals surface area contributed by atoms with Gasteiger partial charge in [-0.2, -0.15) is 0 Å². The zero-order valence-corrected chi connectivity index (χ0v) is 51.6. The maximum absolute atomic E-state index is 12.9. The number of hydrogen-bond acceptors (Lipinski definition) is 6. The van der Waals surface area contributed by atoms with Crippen LogP contribution in [0.15, 0.2) is 122 Å². The minimum atomic E-state index is -0.800. The Labute approximate surface area is 488 Å². The molecule has 0 saturated carbocycles. The van der Waals surface area contributed by atoms with E-state index in [1.807, 2.05) is 0 Å². The first kappa shape index (κ1) is 74.8. The molecule has 450 valence electrons. The van der Waals surface area contributed by atoms with E-state index in [-0.39, 0.29) is 31.1 Å². The van der Waals surface area contributed by atoms with E-state index in [9.17, 15) is 14.4 Å². The third kappa shape index (κ3) is 64.5. The predicted octanol–water partition coefficient (Wildman–Crippen LogP) is 22.8. The van der Waals surface area contributed by atoms with Crippen molar-refractivity contribution >= 4 is 17.9 Å². The number of allylic oxidation sites excluding steroid dienone is 20. The van der Waals surface area contributed by atoms with E-state index in [1.54, 1.807) is 0 Å². The van der Waals surface area contributed by atoms with Gasteiger partial charge < -0.3 is 14.2 Å². The molecule has 0 aliphatic heterocycles. The van der Waals surface area contributed by atoms with Crippen molar-refractivity contribution < 1.29 is 28.6 Å². The van der Waals surface area contributed by atoms with Crippen LogP contribution in [0.1, 0.15) is 303 Å². The van der Waals surface area contributed by atoms with Gasteiger partial charge in [0.25, 0.3) is 0 Å². The van der Waals surface area contributed by atoms with Crippen LogP contribution in [0.5, 0.6) is 0 Å². The zero-order chi connectivity index (χ0) is 57.1. The van der Waals surface area contributed by atoms with E-state index in [0.29, 0.717) is 19.3 Å². The molecule has 0 aromatic heterocycles. The topological polar surface area (TPSA) is 78.9 Å². The lowest BCUT2D eigenvalue weighted by Crippen LogP contribution is -2.30.